The van der Waals surface area contributed by atoms with Gasteiger partial charge in [-0.05, 0) is 7.05 Å². The molecule has 0 amide bonds. The quantitative estimate of drug-likeness (QED) is 0.568. The molecule has 0 unspecified atom stereocenters. The fraction of sp³-hybridized carbons (Fsp3) is 0.636. The first kappa shape index (κ1) is 13.8. The molecule has 0 saturated heterocycles. The van der Waals surface area contributed by atoms with E-state index in [4.69, 9.17) is 5.11 Å². The van der Waals surface area contributed by atoms with Crippen molar-refractivity contribution in [1.82, 2.24) is 25.2 Å². The highest BCUT2D eigenvalue weighted by molar-refractivity contribution is 4.91. The largest absolute Gasteiger partial charge is 0.395 e. The average molecular weight is 239 g/mol. The summed E-state index contributed by atoms with van der Waals surface area (Å²) in [6, 6.07) is 0. The molecule has 0 fully saturated rings. The molecule has 0 saturated carbocycles. The summed E-state index contributed by atoms with van der Waals surface area (Å²) in [6.07, 6.45) is 3.77. The smallest absolute Gasteiger partial charge is 0.0964 e. The third kappa shape index (κ3) is 5.08. The lowest BCUT2D eigenvalue weighted by molar-refractivity contribution is 0.202. The van der Waals surface area contributed by atoms with Gasteiger partial charge in [-0.15, -0.1) is 11.7 Å². The number of aliphatic hydroxyl groups excluding tert-OH is 1. The van der Waals surface area contributed by atoms with Crippen molar-refractivity contribution in [1.29, 1.82) is 0 Å². The second-order valence-corrected chi connectivity index (χ2v) is 3.82. The summed E-state index contributed by atoms with van der Waals surface area (Å²) in [6.45, 7) is 7.62. The van der Waals surface area contributed by atoms with E-state index in [1.807, 2.05) is 24.0 Å². The Balaban J connectivity index is 2.38. The predicted octanol–water partition coefficient (Wildman–Crippen LogP) is -0.522. The monoisotopic (exact) mass is 239 g/mol. The van der Waals surface area contributed by atoms with Crippen LogP contribution in [0, 0.1) is 0 Å². The second-order valence-electron chi connectivity index (χ2n) is 3.82. The Morgan fingerprint density at radius 2 is 2.41 bits per heavy atom. The summed E-state index contributed by atoms with van der Waals surface area (Å²) in [5.74, 6) is 0. The number of aliphatic hydroxyl groups is 1. The van der Waals surface area contributed by atoms with Gasteiger partial charge in [-0.25, -0.2) is 0 Å². The van der Waals surface area contributed by atoms with Crippen LogP contribution in [0.3, 0.4) is 0 Å². The number of hydrogen-bond donors (Lipinski definition) is 2. The van der Waals surface area contributed by atoms with Gasteiger partial charge in [0.2, 0.25) is 0 Å². The van der Waals surface area contributed by atoms with Crippen LogP contribution in [0.15, 0.2) is 18.9 Å². The number of hydrogen-bond acceptors (Lipinski definition) is 5. The normalized spacial score (nSPS) is 11.0. The SMILES string of the molecule is C=CCN(CCO)CCn1cc(CNC)nn1. The zero-order valence-corrected chi connectivity index (χ0v) is 10.3. The molecular weight excluding hydrogens is 218 g/mol. The van der Waals surface area contributed by atoms with E-state index in [1.165, 1.54) is 0 Å². The van der Waals surface area contributed by atoms with E-state index in [9.17, 15) is 0 Å². The van der Waals surface area contributed by atoms with Gasteiger partial charge in [-0.3, -0.25) is 9.58 Å². The summed E-state index contributed by atoms with van der Waals surface area (Å²) < 4.78 is 1.82. The first-order chi connectivity index (χ1) is 8.30. The molecule has 0 aliphatic rings. The molecule has 6 heteroatoms. The lowest BCUT2D eigenvalue weighted by Crippen LogP contribution is -2.30. The van der Waals surface area contributed by atoms with Gasteiger partial charge in [-0.2, -0.15) is 0 Å². The summed E-state index contributed by atoms with van der Waals surface area (Å²) in [5, 5.41) is 20.0. The Bertz CT molecular complexity index is 325. The van der Waals surface area contributed by atoms with E-state index in [0.29, 0.717) is 6.54 Å². The topological polar surface area (TPSA) is 66.2 Å². The zero-order valence-electron chi connectivity index (χ0n) is 10.3. The van der Waals surface area contributed by atoms with Gasteiger partial charge in [0.1, 0.15) is 0 Å². The van der Waals surface area contributed by atoms with Crippen molar-refractivity contribution in [3.63, 3.8) is 0 Å². The molecule has 0 bridgehead atoms. The molecule has 2 N–H and O–H groups in total. The van der Waals surface area contributed by atoms with E-state index < -0.39 is 0 Å². The van der Waals surface area contributed by atoms with Crippen LogP contribution in [0.25, 0.3) is 0 Å². The lowest BCUT2D eigenvalue weighted by Gasteiger charge is -2.18. The van der Waals surface area contributed by atoms with Crippen LogP contribution in [-0.2, 0) is 13.1 Å². The highest BCUT2D eigenvalue weighted by atomic mass is 16.3. The Hall–Kier alpha value is -1.24. The van der Waals surface area contributed by atoms with Crippen LogP contribution in [-0.4, -0.2) is 58.3 Å². The minimum atomic E-state index is 0.163. The van der Waals surface area contributed by atoms with E-state index in [1.54, 1.807) is 0 Å². The predicted molar refractivity (Wildman–Crippen MR) is 66.5 cm³/mol. The van der Waals surface area contributed by atoms with Crippen molar-refractivity contribution in [2.24, 2.45) is 0 Å². The molecule has 96 valence electrons. The Labute approximate surface area is 102 Å². The Morgan fingerprint density at radius 3 is 3.06 bits per heavy atom. The molecule has 1 aromatic heterocycles. The van der Waals surface area contributed by atoms with Crippen LogP contribution in [0.4, 0.5) is 0 Å². The minimum absolute atomic E-state index is 0.163. The van der Waals surface area contributed by atoms with E-state index >= 15 is 0 Å². The maximum absolute atomic E-state index is 8.92. The van der Waals surface area contributed by atoms with Crippen LogP contribution in [0.2, 0.25) is 0 Å². The molecule has 17 heavy (non-hydrogen) atoms. The highest BCUT2D eigenvalue weighted by Crippen LogP contribution is 1.94. The van der Waals surface area contributed by atoms with Gasteiger partial charge in [-0.1, -0.05) is 11.3 Å². The van der Waals surface area contributed by atoms with Crippen molar-refractivity contribution in [2.45, 2.75) is 13.1 Å². The molecular formula is C11H21N5O. The van der Waals surface area contributed by atoms with Crippen molar-refractivity contribution in [3.05, 3.63) is 24.5 Å². The number of aromatic nitrogens is 3. The average Bonchev–Trinajstić information content (AvgIpc) is 2.75. The second kappa shape index (κ2) is 7.94. The molecule has 0 aromatic carbocycles. The molecule has 0 spiro atoms. The third-order valence-electron chi connectivity index (χ3n) is 2.39. The van der Waals surface area contributed by atoms with Crippen LogP contribution >= 0.6 is 0 Å². The Morgan fingerprint density at radius 1 is 1.59 bits per heavy atom. The van der Waals surface area contributed by atoms with Gasteiger partial charge in [0.15, 0.2) is 0 Å². The van der Waals surface area contributed by atoms with Gasteiger partial charge in [0.25, 0.3) is 0 Å². The minimum Gasteiger partial charge on any atom is -0.395 e. The summed E-state index contributed by atoms with van der Waals surface area (Å²) in [5.41, 5.74) is 0.935. The van der Waals surface area contributed by atoms with E-state index in [0.717, 1.165) is 31.9 Å². The maximum Gasteiger partial charge on any atom is 0.0964 e. The van der Waals surface area contributed by atoms with Crippen LogP contribution in [0.1, 0.15) is 5.69 Å². The molecule has 0 aliphatic heterocycles. The lowest BCUT2D eigenvalue weighted by atomic mass is 10.4. The van der Waals surface area contributed by atoms with Crippen LogP contribution in [0.5, 0.6) is 0 Å². The van der Waals surface area contributed by atoms with Gasteiger partial charge >= 0.3 is 0 Å². The first-order valence-corrected chi connectivity index (χ1v) is 5.78. The van der Waals surface area contributed by atoms with Gasteiger partial charge < -0.3 is 10.4 Å². The standard InChI is InChI=1S/C11H21N5O/c1-3-4-15(7-8-17)5-6-16-10-11(9-12-2)13-14-16/h3,10,12,17H,1,4-9H2,2H3. The van der Waals surface area contributed by atoms with E-state index in [-0.39, 0.29) is 6.61 Å². The van der Waals surface area contributed by atoms with Crippen molar-refractivity contribution in [2.75, 3.05) is 33.3 Å². The molecule has 1 aromatic rings. The fourth-order valence-electron chi connectivity index (χ4n) is 1.57. The highest BCUT2D eigenvalue weighted by Gasteiger charge is 2.04. The van der Waals surface area contributed by atoms with Crippen LogP contribution < -0.4 is 5.32 Å². The summed E-state index contributed by atoms with van der Waals surface area (Å²) in [7, 11) is 1.88. The van der Waals surface area contributed by atoms with Crippen molar-refractivity contribution < 1.29 is 5.11 Å². The van der Waals surface area contributed by atoms with Crippen molar-refractivity contribution >= 4 is 0 Å². The summed E-state index contributed by atoms with van der Waals surface area (Å²) in [4.78, 5) is 2.12. The number of nitrogens with one attached hydrogen (secondary N) is 1. The molecule has 0 radical (unpaired) electrons. The van der Waals surface area contributed by atoms with E-state index in [2.05, 4.69) is 27.1 Å². The number of nitrogens with zero attached hydrogens (tertiary/aromatic N) is 4. The Kier molecular flexibility index (Phi) is 6.46. The first-order valence-electron chi connectivity index (χ1n) is 5.78. The van der Waals surface area contributed by atoms with Crippen molar-refractivity contribution in [3.8, 4) is 0 Å². The zero-order chi connectivity index (χ0) is 12.5. The number of rotatable bonds is 9. The molecule has 1 rings (SSSR count). The summed E-state index contributed by atoms with van der Waals surface area (Å²) >= 11 is 0. The van der Waals surface area contributed by atoms with Gasteiger partial charge in [0.05, 0.1) is 18.8 Å². The molecule has 0 atom stereocenters. The molecule has 6 nitrogen and oxygen atoms in total. The molecule has 1 heterocycles. The molecule has 0 aliphatic carbocycles. The van der Waals surface area contributed by atoms with Gasteiger partial charge in [0, 0.05) is 32.4 Å². The third-order valence-corrected chi connectivity index (χ3v) is 2.39. The maximum atomic E-state index is 8.92. The fourth-order valence-corrected chi connectivity index (χ4v) is 1.57.